The number of rotatable bonds is 3. The first kappa shape index (κ1) is 11.3. The van der Waals surface area contributed by atoms with E-state index in [1.54, 1.807) is 31.2 Å². The summed E-state index contributed by atoms with van der Waals surface area (Å²) in [5.74, 6) is -0.605. The zero-order valence-corrected chi connectivity index (χ0v) is 9.23. The number of amides is 1. The van der Waals surface area contributed by atoms with Gasteiger partial charge in [-0.05, 0) is 19.1 Å². The van der Waals surface area contributed by atoms with Gasteiger partial charge in [-0.1, -0.05) is 18.2 Å². The van der Waals surface area contributed by atoms with Gasteiger partial charge in [-0.15, -0.1) is 0 Å². The van der Waals surface area contributed by atoms with Crippen molar-refractivity contribution in [1.82, 2.24) is 5.48 Å². The van der Waals surface area contributed by atoms with Gasteiger partial charge in [-0.3, -0.25) is 9.63 Å². The lowest BCUT2D eigenvalue weighted by Gasteiger charge is -2.03. The predicted octanol–water partition coefficient (Wildman–Crippen LogP) is 1.47. The SMILES string of the molecule is CCONC(=O)c1cc2ccccc2oc1=O. The molecule has 0 radical (unpaired) electrons. The van der Waals surface area contributed by atoms with Crippen molar-refractivity contribution in [1.29, 1.82) is 0 Å². The Labute approximate surface area is 97.0 Å². The minimum absolute atomic E-state index is 0.0721. The van der Waals surface area contributed by atoms with Crippen molar-refractivity contribution in [2.75, 3.05) is 6.61 Å². The molecule has 0 aliphatic heterocycles. The maximum atomic E-state index is 11.6. The minimum atomic E-state index is -0.680. The summed E-state index contributed by atoms with van der Waals surface area (Å²) in [5, 5.41) is 0.689. The molecule has 0 bridgehead atoms. The Balaban J connectivity index is 2.44. The lowest BCUT2D eigenvalue weighted by molar-refractivity contribution is 0.0361. The van der Waals surface area contributed by atoms with Crippen molar-refractivity contribution in [3.8, 4) is 0 Å². The highest BCUT2D eigenvalue weighted by atomic mass is 16.6. The molecule has 0 saturated carbocycles. The maximum absolute atomic E-state index is 11.6. The molecule has 0 saturated heterocycles. The molecule has 17 heavy (non-hydrogen) atoms. The van der Waals surface area contributed by atoms with Crippen molar-refractivity contribution in [3.63, 3.8) is 0 Å². The second-order valence-corrected chi connectivity index (χ2v) is 3.35. The van der Waals surface area contributed by atoms with E-state index in [0.717, 1.165) is 0 Å². The number of benzene rings is 1. The normalized spacial score (nSPS) is 10.4. The van der Waals surface area contributed by atoms with Crippen LogP contribution in [0.25, 0.3) is 11.0 Å². The first-order chi connectivity index (χ1) is 8.22. The molecule has 2 rings (SSSR count). The second-order valence-electron chi connectivity index (χ2n) is 3.35. The molecule has 1 amide bonds. The molecule has 1 N–H and O–H groups in total. The van der Waals surface area contributed by atoms with Crippen molar-refractivity contribution in [3.05, 3.63) is 46.3 Å². The molecule has 0 atom stereocenters. The summed E-state index contributed by atoms with van der Waals surface area (Å²) in [6.07, 6.45) is 0. The van der Waals surface area contributed by atoms with E-state index < -0.39 is 11.5 Å². The predicted molar refractivity (Wildman–Crippen MR) is 61.6 cm³/mol. The highest BCUT2D eigenvalue weighted by Crippen LogP contribution is 2.12. The summed E-state index contributed by atoms with van der Waals surface area (Å²) in [6, 6.07) is 8.46. The monoisotopic (exact) mass is 233 g/mol. The zero-order chi connectivity index (χ0) is 12.3. The van der Waals surface area contributed by atoms with Gasteiger partial charge >= 0.3 is 5.63 Å². The van der Waals surface area contributed by atoms with Crippen molar-refractivity contribution < 1.29 is 14.0 Å². The molecular weight excluding hydrogens is 222 g/mol. The van der Waals surface area contributed by atoms with E-state index in [9.17, 15) is 9.59 Å². The van der Waals surface area contributed by atoms with Gasteiger partial charge in [0, 0.05) is 5.39 Å². The van der Waals surface area contributed by atoms with E-state index in [4.69, 9.17) is 9.25 Å². The summed E-state index contributed by atoms with van der Waals surface area (Å²) in [4.78, 5) is 27.9. The number of hydroxylamine groups is 1. The van der Waals surface area contributed by atoms with Crippen molar-refractivity contribution in [2.24, 2.45) is 0 Å². The van der Waals surface area contributed by atoms with Gasteiger partial charge in [-0.25, -0.2) is 10.3 Å². The van der Waals surface area contributed by atoms with Gasteiger partial charge in [0.05, 0.1) is 6.61 Å². The average molecular weight is 233 g/mol. The second kappa shape index (κ2) is 4.80. The van der Waals surface area contributed by atoms with Gasteiger partial charge < -0.3 is 4.42 Å². The van der Waals surface area contributed by atoms with Crippen LogP contribution in [0.2, 0.25) is 0 Å². The number of fused-ring (bicyclic) bond motifs is 1. The Bertz CT molecular complexity index is 603. The van der Waals surface area contributed by atoms with Gasteiger partial charge in [0.25, 0.3) is 5.91 Å². The molecule has 1 aromatic carbocycles. The average Bonchev–Trinajstić information content (AvgIpc) is 2.35. The Morgan fingerprint density at radius 3 is 2.94 bits per heavy atom. The Morgan fingerprint density at radius 1 is 1.41 bits per heavy atom. The molecule has 1 heterocycles. The summed E-state index contributed by atoms with van der Waals surface area (Å²) in [6.45, 7) is 2.05. The summed E-state index contributed by atoms with van der Waals surface area (Å²) in [5.41, 5.74) is 1.85. The summed E-state index contributed by atoms with van der Waals surface area (Å²) >= 11 is 0. The van der Waals surface area contributed by atoms with Gasteiger partial charge in [0.1, 0.15) is 11.1 Å². The summed E-state index contributed by atoms with van der Waals surface area (Å²) < 4.78 is 5.02. The fourth-order valence-electron chi connectivity index (χ4n) is 1.41. The number of hydrogen-bond acceptors (Lipinski definition) is 4. The Hall–Kier alpha value is -2.14. The van der Waals surface area contributed by atoms with E-state index in [1.807, 2.05) is 0 Å². The zero-order valence-electron chi connectivity index (χ0n) is 9.23. The maximum Gasteiger partial charge on any atom is 0.349 e. The van der Waals surface area contributed by atoms with Crippen LogP contribution >= 0.6 is 0 Å². The molecule has 0 aliphatic carbocycles. The van der Waals surface area contributed by atoms with E-state index in [-0.39, 0.29) is 5.56 Å². The third-order valence-corrected chi connectivity index (χ3v) is 2.20. The van der Waals surface area contributed by atoms with Crippen LogP contribution < -0.4 is 11.1 Å². The van der Waals surface area contributed by atoms with Crippen LogP contribution in [-0.4, -0.2) is 12.5 Å². The topological polar surface area (TPSA) is 68.5 Å². The van der Waals surface area contributed by atoms with Crippen LogP contribution in [0, 0.1) is 0 Å². The minimum Gasteiger partial charge on any atom is -0.422 e. The van der Waals surface area contributed by atoms with Crippen LogP contribution in [0.4, 0.5) is 0 Å². The van der Waals surface area contributed by atoms with Crippen LogP contribution in [0.5, 0.6) is 0 Å². The highest BCUT2D eigenvalue weighted by Gasteiger charge is 2.13. The fraction of sp³-hybridized carbons (Fsp3) is 0.167. The van der Waals surface area contributed by atoms with E-state index in [2.05, 4.69) is 5.48 Å². The molecule has 0 aliphatic rings. The Morgan fingerprint density at radius 2 is 2.18 bits per heavy atom. The largest absolute Gasteiger partial charge is 0.422 e. The first-order valence-electron chi connectivity index (χ1n) is 5.17. The fourth-order valence-corrected chi connectivity index (χ4v) is 1.41. The standard InChI is InChI=1S/C12H11NO4/c1-2-16-13-11(14)9-7-8-5-3-4-6-10(8)17-12(9)15/h3-7H,2H2,1H3,(H,13,14). The van der Waals surface area contributed by atoms with Crippen LogP contribution in [0.15, 0.2) is 39.5 Å². The Kier molecular flexibility index (Phi) is 3.20. The molecule has 0 fully saturated rings. The molecule has 88 valence electrons. The molecule has 0 unspecified atom stereocenters. The number of hydrogen-bond donors (Lipinski definition) is 1. The van der Waals surface area contributed by atoms with E-state index in [0.29, 0.717) is 17.6 Å². The van der Waals surface area contributed by atoms with Gasteiger partial charge in [0.15, 0.2) is 0 Å². The van der Waals surface area contributed by atoms with Crippen LogP contribution in [0.3, 0.4) is 0 Å². The highest BCUT2D eigenvalue weighted by molar-refractivity contribution is 5.95. The van der Waals surface area contributed by atoms with Gasteiger partial charge in [-0.2, -0.15) is 0 Å². The van der Waals surface area contributed by atoms with Crippen LogP contribution in [-0.2, 0) is 4.84 Å². The smallest absolute Gasteiger partial charge is 0.349 e. The quantitative estimate of drug-likeness (QED) is 0.644. The number of carbonyl (C=O) groups excluding carboxylic acids is 1. The lowest BCUT2D eigenvalue weighted by Crippen LogP contribution is -2.28. The van der Waals surface area contributed by atoms with Crippen LogP contribution in [0.1, 0.15) is 17.3 Å². The third kappa shape index (κ3) is 2.34. The number of para-hydroxylation sites is 1. The van der Waals surface area contributed by atoms with Crippen molar-refractivity contribution >= 4 is 16.9 Å². The van der Waals surface area contributed by atoms with Crippen molar-refractivity contribution in [2.45, 2.75) is 6.92 Å². The van der Waals surface area contributed by atoms with E-state index >= 15 is 0 Å². The molecule has 1 aromatic heterocycles. The molecule has 2 aromatic rings. The molecule has 0 spiro atoms. The molecular formula is C12H11NO4. The number of carbonyl (C=O) groups is 1. The molecule has 5 nitrogen and oxygen atoms in total. The first-order valence-corrected chi connectivity index (χ1v) is 5.17. The third-order valence-electron chi connectivity index (χ3n) is 2.20. The number of nitrogens with one attached hydrogen (secondary N) is 1. The van der Waals surface area contributed by atoms with Gasteiger partial charge in [0.2, 0.25) is 0 Å². The van der Waals surface area contributed by atoms with E-state index in [1.165, 1.54) is 6.07 Å². The molecule has 5 heteroatoms. The summed E-state index contributed by atoms with van der Waals surface area (Å²) in [7, 11) is 0. The lowest BCUT2D eigenvalue weighted by atomic mass is 10.2.